The number of nitro groups is 1. The van der Waals surface area contributed by atoms with Crippen LogP contribution in [0.4, 0.5) is 11.4 Å². The third-order valence-electron chi connectivity index (χ3n) is 4.46. The predicted octanol–water partition coefficient (Wildman–Crippen LogP) is 5.03. The summed E-state index contributed by atoms with van der Waals surface area (Å²) in [5.74, 6) is -0.0495. The van der Waals surface area contributed by atoms with Crippen LogP contribution in [-0.4, -0.2) is 10.8 Å². The number of amides is 1. The fourth-order valence-corrected chi connectivity index (χ4v) is 2.80. The van der Waals surface area contributed by atoms with Gasteiger partial charge in [-0.05, 0) is 41.8 Å². The first-order chi connectivity index (χ1) is 15.0. The van der Waals surface area contributed by atoms with Crippen LogP contribution in [0, 0.1) is 28.4 Å². The maximum absolute atomic E-state index is 12.6. The number of benzene rings is 3. The number of ether oxygens (including phenoxy) is 1. The molecule has 0 aliphatic carbocycles. The summed E-state index contributed by atoms with van der Waals surface area (Å²) in [5, 5.41) is 23.0. The van der Waals surface area contributed by atoms with Crippen molar-refractivity contribution in [2.75, 3.05) is 5.32 Å². The molecule has 0 aromatic heterocycles. The summed E-state index contributed by atoms with van der Waals surface area (Å²) in [7, 11) is 0. The Balaban J connectivity index is 1.75. The van der Waals surface area contributed by atoms with Gasteiger partial charge in [0.15, 0.2) is 0 Å². The molecule has 0 radical (unpaired) electrons. The lowest BCUT2D eigenvalue weighted by molar-refractivity contribution is -0.384. The second-order valence-electron chi connectivity index (χ2n) is 6.73. The topological polar surface area (TPSA) is 105 Å². The van der Waals surface area contributed by atoms with E-state index in [1.807, 2.05) is 36.4 Å². The molecular formula is C24H19N3O4. The van der Waals surface area contributed by atoms with E-state index in [0.29, 0.717) is 23.5 Å². The maximum Gasteiger partial charge on any atom is 0.271 e. The summed E-state index contributed by atoms with van der Waals surface area (Å²) in [4.78, 5) is 23.0. The van der Waals surface area contributed by atoms with Crippen molar-refractivity contribution in [1.82, 2.24) is 0 Å². The fourth-order valence-electron chi connectivity index (χ4n) is 2.80. The molecule has 0 atom stereocenters. The number of rotatable bonds is 7. The van der Waals surface area contributed by atoms with E-state index < -0.39 is 10.8 Å². The number of carbonyl (C=O) groups is 1. The van der Waals surface area contributed by atoms with E-state index >= 15 is 0 Å². The Bertz CT molecular complexity index is 1180. The molecular weight excluding hydrogens is 394 g/mol. The number of hydrogen-bond donors (Lipinski definition) is 1. The molecule has 0 heterocycles. The molecule has 3 rings (SSSR count). The number of hydrogen-bond acceptors (Lipinski definition) is 5. The third-order valence-corrected chi connectivity index (χ3v) is 4.46. The van der Waals surface area contributed by atoms with Gasteiger partial charge >= 0.3 is 0 Å². The van der Waals surface area contributed by atoms with Crippen molar-refractivity contribution in [3.05, 3.63) is 105 Å². The standard InChI is InChI=1S/C24H19N3O4/c1-17-10-11-21(27(29)30)14-23(17)26-24(28)20(15-25)12-19-8-5-9-22(13-19)31-16-18-6-3-2-4-7-18/h2-14H,16H2,1H3,(H,26,28)/b20-12+. The van der Waals surface area contributed by atoms with E-state index in [4.69, 9.17) is 4.74 Å². The van der Waals surface area contributed by atoms with Gasteiger partial charge in [-0.3, -0.25) is 14.9 Å². The Morgan fingerprint density at radius 2 is 1.90 bits per heavy atom. The van der Waals surface area contributed by atoms with Crippen molar-refractivity contribution in [1.29, 1.82) is 5.26 Å². The van der Waals surface area contributed by atoms with E-state index in [-0.39, 0.29) is 16.9 Å². The van der Waals surface area contributed by atoms with Crippen LogP contribution < -0.4 is 10.1 Å². The molecule has 1 N–H and O–H groups in total. The second-order valence-corrected chi connectivity index (χ2v) is 6.73. The summed E-state index contributed by atoms with van der Waals surface area (Å²) in [6, 6.07) is 22.8. The largest absolute Gasteiger partial charge is 0.489 e. The van der Waals surface area contributed by atoms with Gasteiger partial charge in [-0.1, -0.05) is 48.5 Å². The molecule has 0 aliphatic heterocycles. The minimum absolute atomic E-state index is 0.133. The number of nitriles is 1. The van der Waals surface area contributed by atoms with Gasteiger partial charge in [0, 0.05) is 12.1 Å². The van der Waals surface area contributed by atoms with Gasteiger partial charge in [-0.2, -0.15) is 5.26 Å². The molecule has 154 valence electrons. The second kappa shape index (κ2) is 9.85. The van der Waals surface area contributed by atoms with E-state index in [1.54, 1.807) is 31.2 Å². The van der Waals surface area contributed by atoms with Gasteiger partial charge in [-0.15, -0.1) is 0 Å². The van der Waals surface area contributed by atoms with Crippen molar-refractivity contribution in [3.63, 3.8) is 0 Å². The smallest absolute Gasteiger partial charge is 0.271 e. The van der Waals surface area contributed by atoms with Crippen molar-refractivity contribution in [2.45, 2.75) is 13.5 Å². The van der Waals surface area contributed by atoms with Gasteiger partial charge in [0.1, 0.15) is 24.0 Å². The van der Waals surface area contributed by atoms with Crippen LogP contribution in [0.15, 0.2) is 78.4 Å². The lowest BCUT2D eigenvalue weighted by atomic mass is 10.1. The number of nitrogens with zero attached hydrogens (tertiary/aromatic N) is 2. The molecule has 0 fully saturated rings. The van der Waals surface area contributed by atoms with E-state index in [0.717, 1.165) is 5.56 Å². The molecule has 31 heavy (non-hydrogen) atoms. The Labute approximate surface area is 179 Å². The highest BCUT2D eigenvalue weighted by molar-refractivity contribution is 6.10. The van der Waals surface area contributed by atoms with Crippen molar-refractivity contribution in [3.8, 4) is 11.8 Å². The summed E-state index contributed by atoms with van der Waals surface area (Å²) >= 11 is 0. The van der Waals surface area contributed by atoms with E-state index in [2.05, 4.69) is 5.32 Å². The Morgan fingerprint density at radius 3 is 2.61 bits per heavy atom. The summed E-state index contributed by atoms with van der Waals surface area (Å²) in [6.07, 6.45) is 1.44. The van der Waals surface area contributed by atoms with Crippen molar-refractivity contribution >= 4 is 23.4 Å². The Morgan fingerprint density at radius 1 is 1.13 bits per heavy atom. The van der Waals surface area contributed by atoms with Gasteiger partial charge in [-0.25, -0.2) is 0 Å². The highest BCUT2D eigenvalue weighted by Gasteiger charge is 2.14. The van der Waals surface area contributed by atoms with Crippen LogP contribution in [0.25, 0.3) is 6.08 Å². The SMILES string of the molecule is Cc1ccc([N+](=O)[O-])cc1NC(=O)/C(C#N)=C/c1cccc(OCc2ccccc2)c1. The summed E-state index contributed by atoms with van der Waals surface area (Å²) in [5.41, 5.74) is 2.28. The van der Waals surface area contributed by atoms with Crippen LogP contribution in [0.1, 0.15) is 16.7 Å². The van der Waals surface area contributed by atoms with Crippen molar-refractivity contribution < 1.29 is 14.5 Å². The lowest BCUT2D eigenvalue weighted by Gasteiger charge is -2.08. The first-order valence-corrected chi connectivity index (χ1v) is 9.41. The zero-order valence-corrected chi connectivity index (χ0v) is 16.7. The summed E-state index contributed by atoms with van der Waals surface area (Å²) in [6.45, 7) is 2.11. The highest BCUT2D eigenvalue weighted by atomic mass is 16.6. The number of nitrogens with one attached hydrogen (secondary N) is 1. The van der Waals surface area contributed by atoms with Gasteiger partial charge in [0.2, 0.25) is 0 Å². The number of nitro benzene ring substituents is 1. The normalized spacial score (nSPS) is 10.8. The lowest BCUT2D eigenvalue weighted by Crippen LogP contribution is -2.14. The molecule has 0 aliphatic rings. The molecule has 0 spiro atoms. The first-order valence-electron chi connectivity index (χ1n) is 9.41. The van der Waals surface area contributed by atoms with Gasteiger partial charge in [0.05, 0.1) is 10.6 Å². The minimum atomic E-state index is -0.651. The van der Waals surface area contributed by atoms with Crippen LogP contribution in [0.3, 0.4) is 0 Å². The fraction of sp³-hybridized carbons (Fsp3) is 0.0833. The zero-order valence-electron chi connectivity index (χ0n) is 16.7. The van der Waals surface area contributed by atoms with Crippen LogP contribution >= 0.6 is 0 Å². The minimum Gasteiger partial charge on any atom is -0.489 e. The van der Waals surface area contributed by atoms with Crippen LogP contribution in [0.2, 0.25) is 0 Å². The number of non-ortho nitro benzene ring substituents is 1. The molecule has 0 saturated heterocycles. The molecule has 7 heteroatoms. The number of anilines is 1. The molecule has 0 unspecified atom stereocenters. The molecule has 3 aromatic rings. The summed E-state index contributed by atoms with van der Waals surface area (Å²) < 4.78 is 5.78. The van der Waals surface area contributed by atoms with E-state index in [9.17, 15) is 20.2 Å². The molecule has 7 nitrogen and oxygen atoms in total. The van der Waals surface area contributed by atoms with Gasteiger partial charge in [0.25, 0.3) is 11.6 Å². The number of aryl methyl sites for hydroxylation is 1. The molecule has 1 amide bonds. The molecule has 0 saturated carbocycles. The number of carbonyl (C=O) groups excluding carboxylic acids is 1. The molecule has 0 bridgehead atoms. The zero-order chi connectivity index (χ0) is 22.2. The Hall–Kier alpha value is -4.44. The first kappa shape index (κ1) is 21.3. The predicted molar refractivity (Wildman–Crippen MR) is 117 cm³/mol. The average Bonchev–Trinajstić information content (AvgIpc) is 2.78. The Kier molecular flexibility index (Phi) is 6.76. The molecule has 3 aromatic carbocycles. The van der Waals surface area contributed by atoms with Crippen LogP contribution in [0.5, 0.6) is 5.75 Å². The highest BCUT2D eigenvalue weighted by Crippen LogP contribution is 2.23. The van der Waals surface area contributed by atoms with Gasteiger partial charge < -0.3 is 10.1 Å². The monoisotopic (exact) mass is 413 g/mol. The maximum atomic E-state index is 12.6. The van der Waals surface area contributed by atoms with Crippen molar-refractivity contribution in [2.24, 2.45) is 0 Å². The third kappa shape index (κ3) is 5.78. The quantitative estimate of drug-likeness (QED) is 0.253. The van der Waals surface area contributed by atoms with Crippen LogP contribution in [-0.2, 0) is 11.4 Å². The average molecular weight is 413 g/mol. The van der Waals surface area contributed by atoms with E-state index in [1.165, 1.54) is 24.3 Å².